The lowest BCUT2D eigenvalue weighted by atomic mass is 10.2. The van der Waals surface area contributed by atoms with Gasteiger partial charge in [0.15, 0.2) is 0 Å². The van der Waals surface area contributed by atoms with E-state index in [4.69, 9.17) is 4.74 Å². The molecule has 0 aliphatic carbocycles. The van der Waals surface area contributed by atoms with Gasteiger partial charge in [-0.1, -0.05) is 19.4 Å². The molecule has 0 saturated heterocycles. The van der Waals surface area contributed by atoms with Gasteiger partial charge < -0.3 is 10.1 Å². The number of rotatable bonds is 7. The van der Waals surface area contributed by atoms with Crippen molar-refractivity contribution in [3.8, 4) is 5.75 Å². The number of aryl methyl sites for hydroxylation is 1. The van der Waals surface area contributed by atoms with Crippen LogP contribution in [0.15, 0.2) is 18.2 Å². The van der Waals surface area contributed by atoms with E-state index in [1.807, 2.05) is 0 Å². The Bertz CT molecular complexity index is 341. The highest BCUT2D eigenvalue weighted by Crippen LogP contribution is 2.15. The van der Waals surface area contributed by atoms with Crippen LogP contribution in [0.3, 0.4) is 0 Å². The molecule has 1 aromatic carbocycles. The van der Waals surface area contributed by atoms with Crippen LogP contribution in [0, 0.1) is 12.7 Å². The fraction of sp³-hybridized carbons (Fsp3) is 0.571. The summed E-state index contributed by atoms with van der Waals surface area (Å²) < 4.78 is 18.7. The monoisotopic (exact) mass is 239 g/mol. The third-order valence-corrected chi connectivity index (χ3v) is 2.73. The molecule has 0 spiro atoms. The van der Waals surface area contributed by atoms with E-state index in [-0.39, 0.29) is 5.82 Å². The van der Waals surface area contributed by atoms with Crippen LogP contribution < -0.4 is 10.1 Å². The Morgan fingerprint density at radius 2 is 2.18 bits per heavy atom. The van der Waals surface area contributed by atoms with Crippen LogP contribution in [0.4, 0.5) is 4.39 Å². The van der Waals surface area contributed by atoms with Gasteiger partial charge in [-0.15, -0.1) is 0 Å². The number of ether oxygens (including phenoxy) is 1. The highest BCUT2D eigenvalue weighted by atomic mass is 19.1. The molecule has 0 saturated carbocycles. The highest BCUT2D eigenvalue weighted by Gasteiger charge is 2.01. The second kappa shape index (κ2) is 7.28. The Labute approximate surface area is 103 Å². The van der Waals surface area contributed by atoms with Crippen molar-refractivity contribution in [2.75, 3.05) is 13.2 Å². The lowest BCUT2D eigenvalue weighted by Gasteiger charge is -2.13. The lowest BCUT2D eigenvalue weighted by Crippen LogP contribution is -2.29. The van der Waals surface area contributed by atoms with E-state index in [2.05, 4.69) is 19.2 Å². The van der Waals surface area contributed by atoms with E-state index in [1.54, 1.807) is 19.1 Å². The van der Waals surface area contributed by atoms with Crippen LogP contribution in [0.25, 0.3) is 0 Å². The lowest BCUT2D eigenvalue weighted by molar-refractivity contribution is 0.303. The summed E-state index contributed by atoms with van der Waals surface area (Å²) in [5, 5.41) is 3.36. The second-order valence-corrected chi connectivity index (χ2v) is 4.40. The summed E-state index contributed by atoms with van der Waals surface area (Å²) in [6.07, 6.45) is 2.34. The first kappa shape index (κ1) is 14.0. The normalized spacial score (nSPS) is 12.5. The molecule has 0 heterocycles. The van der Waals surface area contributed by atoms with E-state index in [0.717, 1.165) is 6.54 Å². The Morgan fingerprint density at radius 3 is 2.82 bits per heavy atom. The van der Waals surface area contributed by atoms with Crippen LogP contribution >= 0.6 is 0 Å². The molecular weight excluding hydrogens is 217 g/mol. The van der Waals surface area contributed by atoms with Crippen molar-refractivity contribution in [1.29, 1.82) is 0 Å². The number of hydrogen-bond acceptors (Lipinski definition) is 2. The molecule has 1 rings (SSSR count). The van der Waals surface area contributed by atoms with Crippen LogP contribution in [-0.4, -0.2) is 19.2 Å². The van der Waals surface area contributed by atoms with Crippen molar-refractivity contribution in [1.82, 2.24) is 5.32 Å². The molecule has 96 valence electrons. The SMILES string of the molecule is CCCC(C)NCCOc1ccc(C)c(F)c1. The molecule has 2 nitrogen and oxygen atoms in total. The zero-order valence-corrected chi connectivity index (χ0v) is 10.9. The summed E-state index contributed by atoms with van der Waals surface area (Å²) >= 11 is 0. The van der Waals surface area contributed by atoms with E-state index >= 15 is 0 Å². The van der Waals surface area contributed by atoms with Crippen LogP contribution in [-0.2, 0) is 0 Å². The van der Waals surface area contributed by atoms with Crippen molar-refractivity contribution in [3.63, 3.8) is 0 Å². The third kappa shape index (κ3) is 5.18. The van der Waals surface area contributed by atoms with Crippen molar-refractivity contribution in [3.05, 3.63) is 29.6 Å². The fourth-order valence-electron chi connectivity index (χ4n) is 1.67. The van der Waals surface area contributed by atoms with Crippen molar-refractivity contribution in [2.45, 2.75) is 39.7 Å². The largest absolute Gasteiger partial charge is 0.492 e. The van der Waals surface area contributed by atoms with Crippen molar-refractivity contribution in [2.24, 2.45) is 0 Å². The summed E-state index contributed by atoms with van der Waals surface area (Å²) in [4.78, 5) is 0. The van der Waals surface area contributed by atoms with Gasteiger partial charge in [-0.05, 0) is 31.9 Å². The van der Waals surface area contributed by atoms with Gasteiger partial charge in [-0.25, -0.2) is 4.39 Å². The van der Waals surface area contributed by atoms with Gasteiger partial charge in [0.25, 0.3) is 0 Å². The fourth-order valence-corrected chi connectivity index (χ4v) is 1.67. The minimum Gasteiger partial charge on any atom is -0.492 e. The molecule has 3 heteroatoms. The average molecular weight is 239 g/mol. The first-order chi connectivity index (χ1) is 8.13. The van der Waals surface area contributed by atoms with Gasteiger partial charge in [0.1, 0.15) is 18.2 Å². The molecule has 0 bridgehead atoms. The van der Waals surface area contributed by atoms with E-state index in [0.29, 0.717) is 24.0 Å². The van der Waals surface area contributed by atoms with E-state index in [9.17, 15) is 4.39 Å². The maximum absolute atomic E-state index is 13.2. The van der Waals surface area contributed by atoms with E-state index < -0.39 is 0 Å². The number of halogens is 1. The van der Waals surface area contributed by atoms with Gasteiger partial charge >= 0.3 is 0 Å². The standard InChI is InChI=1S/C14H22FNO/c1-4-5-12(3)16-8-9-17-13-7-6-11(2)14(15)10-13/h6-7,10,12,16H,4-5,8-9H2,1-3H3. The maximum Gasteiger partial charge on any atom is 0.129 e. The van der Waals surface area contributed by atoms with Gasteiger partial charge in [0.2, 0.25) is 0 Å². The molecule has 0 amide bonds. The number of nitrogens with one attached hydrogen (secondary N) is 1. The van der Waals surface area contributed by atoms with Crippen molar-refractivity contribution >= 4 is 0 Å². The average Bonchev–Trinajstić information content (AvgIpc) is 2.29. The third-order valence-electron chi connectivity index (χ3n) is 2.73. The molecule has 1 N–H and O–H groups in total. The summed E-state index contributed by atoms with van der Waals surface area (Å²) in [5.74, 6) is 0.382. The first-order valence-electron chi connectivity index (χ1n) is 6.25. The topological polar surface area (TPSA) is 21.3 Å². The number of hydrogen-bond donors (Lipinski definition) is 1. The number of benzene rings is 1. The molecule has 1 atom stereocenters. The summed E-state index contributed by atoms with van der Waals surface area (Å²) in [7, 11) is 0. The minimum absolute atomic E-state index is 0.213. The molecule has 0 fully saturated rings. The quantitative estimate of drug-likeness (QED) is 0.737. The molecule has 0 radical (unpaired) electrons. The van der Waals surface area contributed by atoms with Gasteiger partial charge in [0, 0.05) is 18.7 Å². The van der Waals surface area contributed by atoms with Gasteiger partial charge in [-0.2, -0.15) is 0 Å². The van der Waals surface area contributed by atoms with Gasteiger partial charge in [-0.3, -0.25) is 0 Å². The van der Waals surface area contributed by atoms with Crippen LogP contribution in [0.1, 0.15) is 32.3 Å². The summed E-state index contributed by atoms with van der Waals surface area (Å²) in [6.45, 7) is 7.43. The van der Waals surface area contributed by atoms with Gasteiger partial charge in [0.05, 0.1) is 0 Å². The summed E-state index contributed by atoms with van der Waals surface area (Å²) in [5.41, 5.74) is 0.645. The molecule has 1 unspecified atom stereocenters. The maximum atomic E-state index is 13.2. The molecule has 17 heavy (non-hydrogen) atoms. The second-order valence-electron chi connectivity index (χ2n) is 4.40. The Hall–Kier alpha value is -1.09. The zero-order valence-electron chi connectivity index (χ0n) is 10.9. The molecule has 0 aliphatic rings. The molecule has 1 aromatic rings. The smallest absolute Gasteiger partial charge is 0.129 e. The minimum atomic E-state index is -0.213. The molecule has 0 aliphatic heterocycles. The van der Waals surface area contributed by atoms with Crippen LogP contribution in [0.2, 0.25) is 0 Å². The first-order valence-corrected chi connectivity index (χ1v) is 6.25. The predicted molar refractivity (Wildman–Crippen MR) is 69.0 cm³/mol. The summed E-state index contributed by atoms with van der Waals surface area (Å²) in [6, 6.07) is 5.48. The Balaban J connectivity index is 2.24. The zero-order chi connectivity index (χ0) is 12.7. The van der Waals surface area contributed by atoms with E-state index in [1.165, 1.54) is 18.9 Å². The Morgan fingerprint density at radius 1 is 1.41 bits per heavy atom. The molecular formula is C14H22FNO. The highest BCUT2D eigenvalue weighted by molar-refractivity contribution is 5.27. The van der Waals surface area contributed by atoms with Crippen LogP contribution in [0.5, 0.6) is 5.75 Å². The Kier molecular flexibility index (Phi) is 5.98. The van der Waals surface area contributed by atoms with Crippen molar-refractivity contribution < 1.29 is 9.13 Å². The predicted octanol–water partition coefficient (Wildman–Crippen LogP) is 3.29. The molecule has 0 aromatic heterocycles.